The van der Waals surface area contributed by atoms with Gasteiger partial charge in [-0.3, -0.25) is 0 Å². The Labute approximate surface area is 107 Å². The van der Waals surface area contributed by atoms with Crippen LogP contribution in [0.15, 0.2) is 18.3 Å². The molecule has 0 spiro atoms. The molecule has 2 rings (SSSR count). The average molecular weight is 252 g/mol. The molecule has 1 aliphatic rings. The summed E-state index contributed by atoms with van der Waals surface area (Å²) in [5.41, 5.74) is 0.936. The summed E-state index contributed by atoms with van der Waals surface area (Å²) in [4.78, 5) is 6.72. The van der Waals surface area contributed by atoms with E-state index in [9.17, 15) is 5.11 Å². The van der Waals surface area contributed by atoms with Crippen molar-refractivity contribution < 1.29 is 5.11 Å². The molecule has 1 aromatic rings. The number of aromatic nitrogens is 1. The van der Waals surface area contributed by atoms with Crippen LogP contribution in [0.25, 0.3) is 0 Å². The topological polar surface area (TPSA) is 36.4 Å². The van der Waals surface area contributed by atoms with Crippen LogP contribution in [-0.2, 0) is 0 Å². The third-order valence-corrected chi connectivity index (χ3v) is 4.30. The molecule has 0 radical (unpaired) electrons. The van der Waals surface area contributed by atoms with Crippen molar-refractivity contribution in [3.8, 4) is 0 Å². The zero-order valence-electron chi connectivity index (χ0n) is 10.7. The Kier molecular flexibility index (Phi) is 3.64. The largest absolute Gasteiger partial charge is 0.389 e. The number of anilines is 1. The lowest BCUT2D eigenvalue weighted by Crippen LogP contribution is -2.43. The van der Waals surface area contributed by atoms with E-state index in [-0.39, 0.29) is 4.75 Å². The summed E-state index contributed by atoms with van der Waals surface area (Å²) in [5, 5.41) is 9.60. The molecule has 0 aliphatic carbocycles. The third kappa shape index (κ3) is 3.13. The van der Waals surface area contributed by atoms with Gasteiger partial charge in [-0.05, 0) is 38.5 Å². The van der Waals surface area contributed by atoms with Gasteiger partial charge in [0.15, 0.2) is 0 Å². The molecule has 1 atom stereocenters. The number of rotatable bonds is 2. The van der Waals surface area contributed by atoms with Crippen molar-refractivity contribution in [1.29, 1.82) is 0 Å². The van der Waals surface area contributed by atoms with E-state index in [0.717, 1.165) is 30.2 Å². The molecular formula is C13H20N2OS. The molecule has 1 aromatic heterocycles. The van der Waals surface area contributed by atoms with E-state index in [2.05, 4.69) is 23.7 Å². The molecule has 17 heavy (non-hydrogen) atoms. The fourth-order valence-corrected chi connectivity index (χ4v) is 3.19. The van der Waals surface area contributed by atoms with Crippen LogP contribution in [-0.4, -0.2) is 33.7 Å². The van der Waals surface area contributed by atoms with Crippen LogP contribution in [0.5, 0.6) is 0 Å². The van der Waals surface area contributed by atoms with E-state index in [4.69, 9.17) is 0 Å². The molecule has 0 unspecified atom stereocenters. The van der Waals surface area contributed by atoms with E-state index in [1.165, 1.54) is 0 Å². The summed E-state index contributed by atoms with van der Waals surface area (Å²) in [6, 6.07) is 3.87. The van der Waals surface area contributed by atoms with E-state index in [1.807, 2.05) is 23.9 Å². The van der Waals surface area contributed by atoms with Crippen molar-refractivity contribution in [3.63, 3.8) is 0 Å². The van der Waals surface area contributed by atoms with E-state index in [0.29, 0.717) is 0 Å². The molecule has 1 fully saturated rings. The second-order valence-electron chi connectivity index (χ2n) is 5.15. The minimum absolute atomic E-state index is 0.279. The van der Waals surface area contributed by atoms with Gasteiger partial charge in [-0.1, -0.05) is 0 Å². The van der Waals surface area contributed by atoms with Crippen LogP contribution in [0.1, 0.15) is 32.4 Å². The Morgan fingerprint density at radius 2 is 2.29 bits per heavy atom. The number of aliphatic hydroxyl groups is 1. The van der Waals surface area contributed by atoms with Crippen LogP contribution >= 0.6 is 11.8 Å². The van der Waals surface area contributed by atoms with Crippen LogP contribution in [0.2, 0.25) is 0 Å². The van der Waals surface area contributed by atoms with Crippen LogP contribution < -0.4 is 4.90 Å². The maximum Gasteiger partial charge on any atom is 0.128 e. The number of hydrogen-bond donors (Lipinski definition) is 1. The van der Waals surface area contributed by atoms with Crippen LogP contribution in [0.4, 0.5) is 5.82 Å². The average Bonchev–Trinajstić information content (AvgIpc) is 2.28. The first kappa shape index (κ1) is 12.7. The fraction of sp³-hybridized carbons (Fsp3) is 0.615. The maximum absolute atomic E-state index is 9.60. The molecule has 0 saturated carbocycles. The Morgan fingerprint density at radius 1 is 1.53 bits per heavy atom. The highest BCUT2D eigenvalue weighted by molar-refractivity contribution is 8.00. The standard InChI is InChI=1S/C13H20N2OS/c1-10(16)11-4-5-14-12(8-11)15-6-7-17-13(2,3)9-15/h4-5,8,10,16H,6-7,9H2,1-3H3/t10-/m1/s1. The quantitative estimate of drug-likeness (QED) is 0.877. The first-order valence-electron chi connectivity index (χ1n) is 6.01. The van der Waals surface area contributed by atoms with Crippen molar-refractivity contribution in [2.24, 2.45) is 0 Å². The van der Waals surface area contributed by atoms with Crippen LogP contribution in [0.3, 0.4) is 0 Å². The number of pyridine rings is 1. The molecule has 0 aromatic carbocycles. The number of aliphatic hydroxyl groups excluding tert-OH is 1. The van der Waals surface area contributed by atoms with Crippen LogP contribution in [0, 0.1) is 0 Å². The van der Waals surface area contributed by atoms with Gasteiger partial charge in [-0.2, -0.15) is 11.8 Å². The molecule has 1 aliphatic heterocycles. The SMILES string of the molecule is C[C@@H](O)c1ccnc(N2CCSC(C)(C)C2)c1. The van der Waals surface area contributed by atoms with Gasteiger partial charge in [0, 0.05) is 29.8 Å². The number of thioether (sulfide) groups is 1. The van der Waals surface area contributed by atoms with E-state index in [1.54, 1.807) is 13.1 Å². The molecule has 0 amide bonds. The summed E-state index contributed by atoms with van der Waals surface area (Å²) in [5.74, 6) is 2.12. The van der Waals surface area contributed by atoms with Gasteiger partial charge in [0.25, 0.3) is 0 Å². The van der Waals surface area contributed by atoms with Crippen molar-refractivity contribution in [2.75, 3.05) is 23.7 Å². The lowest BCUT2D eigenvalue weighted by atomic mass is 10.1. The Morgan fingerprint density at radius 3 is 2.94 bits per heavy atom. The molecule has 94 valence electrons. The van der Waals surface area contributed by atoms with E-state index >= 15 is 0 Å². The Bertz CT molecular complexity index is 393. The predicted octanol–water partition coefficient (Wildman–Crippen LogP) is 2.47. The van der Waals surface area contributed by atoms with Gasteiger partial charge in [-0.15, -0.1) is 0 Å². The monoisotopic (exact) mass is 252 g/mol. The zero-order chi connectivity index (χ0) is 12.5. The van der Waals surface area contributed by atoms with Crippen molar-refractivity contribution in [2.45, 2.75) is 31.6 Å². The van der Waals surface area contributed by atoms with Crippen molar-refractivity contribution in [1.82, 2.24) is 4.98 Å². The second kappa shape index (κ2) is 4.86. The van der Waals surface area contributed by atoms with Gasteiger partial charge in [0.05, 0.1) is 6.10 Å². The maximum atomic E-state index is 9.60. The number of hydrogen-bond acceptors (Lipinski definition) is 4. The molecule has 3 nitrogen and oxygen atoms in total. The molecule has 0 bridgehead atoms. The van der Waals surface area contributed by atoms with Crippen molar-refractivity contribution in [3.05, 3.63) is 23.9 Å². The van der Waals surface area contributed by atoms with E-state index < -0.39 is 6.10 Å². The highest BCUT2D eigenvalue weighted by atomic mass is 32.2. The first-order valence-corrected chi connectivity index (χ1v) is 6.99. The summed E-state index contributed by atoms with van der Waals surface area (Å²) in [6.07, 6.45) is 1.36. The molecule has 1 N–H and O–H groups in total. The fourth-order valence-electron chi connectivity index (χ4n) is 2.08. The summed E-state index contributed by atoms with van der Waals surface area (Å²) in [7, 11) is 0. The normalized spacial score (nSPS) is 21.3. The van der Waals surface area contributed by atoms with Gasteiger partial charge < -0.3 is 10.0 Å². The number of nitrogens with zero attached hydrogens (tertiary/aromatic N) is 2. The van der Waals surface area contributed by atoms with Gasteiger partial charge >= 0.3 is 0 Å². The van der Waals surface area contributed by atoms with Gasteiger partial charge in [-0.25, -0.2) is 4.98 Å². The second-order valence-corrected chi connectivity index (χ2v) is 6.96. The predicted molar refractivity (Wildman–Crippen MR) is 73.6 cm³/mol. The smallest absolute Gasteiger partial charge is 0.128 e. The molecule has 2 heterocycles. The van der Waals surface area contributed by atoms with Gasteiger partial charge in [0.2, 0.25) is 0 Å². The summed E-state index contributed by atoms with van der Waals surface area (Å²) >= 11 is 2.01. The minimum atomic E-state index is -0.427. The van der Waals surface area contributed by atoms with Gasteiger partial charge in [0.1, 0.15) is 5.82 Å². The highest BCUT2D eigenvalue weighted by Gasteiger charge is 2.27. The first-order chi connectivity index (χ1) is 7.98. The third-order valence-electron chi connectivity index (χ3n) is 3.00. The highest BCUT2D eigenvalue weighted by Crippen LogP contribution is 2.31. The summed E-state index contributed by atoms with van der Waals surface area (Å²) in [6.45, 7) is 8.36. The molecule has 4 heteroatoms. The lowest BCUT2D eigenvalue weighted by Gasteiger charge is -2.38. The summed E-state index contributed by atoms with van der Waals surface area (Å²) < 4.78 is 0.279. The minimum Gasteiger partial charge on any atom is -0.389 e. The lowest BCUT2D eigenvalue weighted by molar-refractivity contribution is 0.199. The molecule has 1 saturated heterocycles. The molecular weight excluding hydrogens is 232 g/mol. The Balaban J connectivity index is 2.19. The zero-order valence-corrected chi connectivity index (χ0v) is 11.5. The Hall–Kier alpha value is -0.740. The van der Waals surface area contributed by atoms with Crippen molar-refractivity contribution >= 4 is 17.6 Å².